The summed E-state index contributed by atoms with van der Waals surface area (Å²) in [6, 6.07) is 6.63. The van der Waals surface area contributed by atoms with Gasteiger partial charge in [-0.05, 0) is 35.9 Å². The maximum absolute atomic E-state index is 5.56. The minimum absolute atomic E-state index is 0.161. The highest BCUT2D eigenvalue weighted by Crippen LogP contribution is 2.31. The number of hydrogen-bond acceptors (Lipinski definition) is 3. The molecule has 0 atom stereocenters. The fraction of sp³-hybridized carbons (Fsp3) is 0.600. The number of rotatable bonds is 6. The number of thiol groups is 1. The van der Waals surface area contributed by atoms with Gasteiger partial charge in [-0.2, -0.15) is 12.6 Å². The van der Waals surface area contributed by atoms with Crippen LogP contribution in [0.4, 0.5) is 0 Å². The largest absolute Gasteiger partial charge is 0.493 e. The van der Waals surface area contributed by atoms with Gasteiger partial charge >= 0.3 is 0 Å². The molecule has 1 aliphatic heterocycles. The molecular weight excluding hydrogens is 242 g/mol. The van der Waals surface area contributed by atoms with Gasteiger partial charge in [0.05, 0.1) is 6.61 Å². The van der Waals surface area contributed by atoms with Crippen molar-refractivity contribution in [2.45, 2.75) is 32.1 Å². The Morgan fingerprint density at radius 1 is 1.39 bits per heavy atom. The summed E-state index contributed by atoms with van der Waals surface area (Å²) in [6.45, 7) is 7.46. The SMILES string of the molecule is CC(C)(CNCCCS)c1ccc2c(c1)CCO2. The molecule has 0 fully saturated rings. The van der Waals surface area contributed by atoms with E-state index in [4.69, 9.17) is 4.74 Å². The van der Waals surface area contributed by atoms with E-state index in [2.05, 4.69) is 50.0 Å². The van der Waals surface area contributed by atoms with Crippen LogP contribution in [0.3, 0.4) is 0 Å². The van der Waals surface area contributed by atoms with Crippen molar-refractivity contribution in [3.8, 4) is 5.75 Å². The zero-order chi connectivity index (χ0) is 13.0. The summed E-state index contributed by atoms with van der Waals surface area (Å²) in [5, 5.41) is 3.51. The third-order valence-corrected chi connectivity index (χ3v) is 3.87. The molecule has 3 heteroatoms. The molecule has 2 nitrogen and oxygen atoms in total. The molecule has 1 heterocycles. The summed E-state index contributed by atoms with van der Waals surface area (Å²) < 4.78 is 5.56. The second-order valence-electron chi connectivity index (χ2n) is 5.56. The topological polar surface area (TPSA) is 21.3 Å². The minimum atomic E-state index is 0.161. The number of benzene rings is 1. The van der Waals surface area contributed by atoms with Crippen LogP contribution in [0.25, 0.3) is 0 Å². The third kappa shape index (κ3) is 3.21. The Balaban J connectivity index is 2.00. The first kappa shape index (κ1) is 13.8. The lowest BCUT2D eigenvalue weighted by Gasteiger charge is -2.26. The Bertz CT molecular complexity index is 403. The molecule has 1 aromatic rings. The normalized spacial score (nSPS) is 14.4. The summed E-state index contributed by atoms with van der Waals surface area (Å²) in [6.07, 6.45) is 2.17. The fourth-order valence-corrected chi connectivity index (χ4v) is 2.47. The van der Waals surface area contributed by atoms with Gasteiger partial charge < -0.3 is 10.1 Å². The van der Waals surface area contributed by atoms with Crippen LogP contribution < -0.4 is 10.1 Å². The van der Waals surface area contributed by atoms with Gasteiger partial charge in [-0.25, -0.2) is 0 Å². The number of nitrogens with one attached hydrogen (secondary N) is 1. The van der Waals surface area contributed by atoms with E-state index in [1.807, 2.05) is 0 Å². The predicted molar refractivity (Wildman–Crippen MR) is 80.0 cm³/mol. The number of ether oxygens (including phenoxy) is 1. The van der Waals surface area contributed by atoms with Gasteiger partial charge in [0.1, 0.15) is 5.75 Å². The van der Waals surface area contributed by atoms with Crippen LogP contribution >= 0.6 is 12.6 Å². The lowest BCUT2D eigenvalue weighted by Crippen LogP contribution is -2.33. The van der Waals surface area contributed by atoms with E-state index in [9.17, 15) is 0 Å². The van der Waals surface area contributed by atoms with Crippen LogP contribution in [-0.4, -0.2) is 25.4 Å². The standard InChI is InChI=1S/C15H23NOS/c1-15(2,11-16-7-3-9-18)13-4-5-14-12(10-13)6-8-17-14/h4-5,10,16,18H,3,6-9,11H2,1-2H3. The van der Waals surface area contributed by atoms with E-state index in [-0.39, 0.29) is 5.41 Å². The van der Waals surface area contributed by atoms with Crippen LogP contribution in [-0.2, 0) is 11.8 Å². The van der Waals surface area contributed by atoms with E-state index in [0.29, 0.717) is 0 Å². The fourth-order valence-electron chi connectivity index (χ4n) is 2.31. The second kappa shape index (κ2) is 5.98. The first-order chi connectivity index (χ1) is 8.63. The maximum atomic E-state index is 5.56. The lowest BCUT2D eigenvalue weighted by molar-refractivity contribution is 0.356. The van der Waals surface area contributed by atoms with Crippen LogP contribution in [0.2, 0.25) is 0 Å². The molecule has 0 aliphatic carbocycles. The highest BCUT2D eigenvalue weighted by Gasteiger charge is 2.22. The Labute approximate surface area is 116 Å². The zero-order valence-electron chi connectivity index (χ0n) is 11.3. The molecule has 0 unspecified atom stereocenters. The monoisotopic (exact) mass is 265 g/mol. The van der Waals surface area contributed by atoms with E-state index in [1.54, 1.807) is 0 Å². The van der Waals surface area contributed by atoms with Gasteiger partial charge in [-0.1, -0.05) is 26.0 Å². The second-order valence-corrected chi connectivity index (χ2v) is 6.01. The molecule has 18 heavy (non-hydrogen) atoms. The van der Waals surface area contributed by atoms with Crippen molar-refractivity contribution < 1.29 is 4.74 Å². The van der Waals surface area contributed by atoms with Crippen LogP contribution in [0.1, 0.15) is 31.4 Å². The third-order valence-electron chi connectivity index (χ3n) is 3.55. The van der Waals surface area contributed by atoms with Gasteiger partial charge in [-0.15, -0.1) is 0 Å². The van der Waals surface area contributed by atoms with Crippen LogP contribution in [0.5, 0.6) is 5.75 Å². The Morgan fingerprint density at radius 2 is 2.22 bits per heavy atom. The lowest BCUT2D eigenvalue weighted by atomic mass is 9.83. The summed E-state index contributed by atoms with van der Waals surface area (Å²) in [4.78, 5) is 0. The Morgan fingerprint density at radius 3 is 3.00 bits per heavy atom. The van der Waals surface area contributed by atoms with Gasteiger partial charge in [0.2, 0.25) is 0 Å². The van der Waals surface area contributed by atoms with E-state index in [0.717, 1.165) is 44.0 Å². The van der Waals surface area contributed by atoms with E-state index < -0.39 is 0 Å². The van der Waals surface area contributed by atoms with Crippen molar-refractivity contribution in [3.05, 3.63) is 29.3 Å². The van der Waals surface area contributed by atoms with E-state index in [1.165, 1.54) is 11.1 Å². The summed E-state index contributed by atoms with van der Waals surface area (Å²) >= 11 is 4.23. The molecule has 0 spiro atoms. The molecular formula is C15H23NOS. The van der Waals surface area contributed by atoms with Gasteiger partial charge in [0, 0.05) is 18.4 Å². The van der Waals surface area contributed by atoms with Crippen molar-refractivity contribution in [3.63, 3.8) is 0 Å². The van der Waals surface area contributed by atoms with Crippen molar-refractivity contribution in [2.24, 2.45) is 0 Å². The molecule has 100 valence electrons. The van der Waals surface area contributed by atoms with Crippen molar-refractivity contribution in [1.29, 1.82) is 0 Å². The van der Waals surface area contributed by atoms with Gasteiger partial charge in [0.15, 0.2) is 0 Å². The highest BCUT2D eigenvalue weighted by atomic mass is 32.1. The molecule has 2 rings (SSSR count). The summed E-state index contributed by atoms with van der Waals surface area (Å²) in [5.74, 6) is 2.02. The van der Waals surface area contributed by atoms with Crippen LogP contribution in [0, 0.1) is 0 Å². The first-order valence-electron chi connectivity index (χ1n) is 6.71. The molecule has 0 aromatic heterocycles. The van der Waals surface area contributed by atoms with Crippen molar-refractivity contribution in [2.75, 3.05) is 25.4 Å². The quantitative estimate of drug-likeness (QED) is 0.609. The van der Waals surface area contributed by atoms with Gasteiger partial charge in [0.25, 0.3) is 0 Å². The minimum Gasteiger partial charge on any atom is -0.493 e. The molecule has 0 radical (unpaired) electrons. The summed E-state index contributed by atoms with van der Waals surface area (Å²) in [7, 11) is 0. The Hall–Kier alpha value is -0.670. The molecule has 0 saturated carbocycles. The molecule has 0 bridgehead atoms. The highest BCUT2D eigenvalue weighted by molar-refractivity contribution is 7.80. The van der Waals surface area contributed by atoms with Crippen molar-refractivity contribution in [1.82, 2.24) is 5.32 Å². The smallest absolute Gasteiger partial charge is 0.122 e. The Kier molecular flexibility index (Phi) is 4.57. The average molecular weight is 265 g/mol. The van der Waals surface area contributed by atoms with Gasteiger partial charge in [-0.3, -0.25) is 0 Å². The molecule has 0 amide bonds. The zero-order valence-corrected chi connectivity index (χ0v) is 12.2. The number of hydrogen-bond donors (Lipinski definition) is 2. The van der Waals surface area contributed by atoms with E-state index >= 15 is 0 Å². The first-order valence-corrected chi connectivity index (χ1v) is 7.34. The number of fused-ring (bicyclic) bond motifs is 1. The molecule has 1 N–H and O–H groups in total. The maximum Gasteiger partial charge on any atom is 0.122 e. The molecule has 0 saturated heterocycles. The average Bonchev–Trinajstić information content (AvgIpc) is 2.82. The summed E-state index contributed by atoms with van der Waals surface area (Å²) in [5.41, 5.74) is 2.91. The van der Waals surface area contributed by atoms with Crippen molar-refractivity contribution >= 4 is 12.6 Å². The van der Waals surface area contributed by atoms with Crippen LogP contribution in [0.15, 0.2) is 18.2 Å². The predicted octanol–water partition coefficient (Wildman–Crippen LogP) is 2.81. The molecule has 1 aromatic carbocycles. The molecule has 1 aliphatic rings.